The van der Waals surface area contributed by atoms with E-state index >= 15 is 0 Å². The van der Waals surface area contributed by atoms with Crippen molar-refractivity contribution in [1.29, 1.82) is 0 Å². The first-order valence-electron chi connectivity index (χ1n) is 5.51. The van der Waals surface area contributed by atoms with Crippen molar-refractivity contribution < 1.29 is 0 Å². The van der Waals surface area contributed by atoms with Crippen LogP contribution in [0.25, 0.3) is 0 Å². The van der Waals surface area contributed by atoms with Crippen LogP contribution in [0.2, 0.25) is 0 Å². The van der Waals surface area contributed by atoms with Crippen LogP contribution in [0.4, 0.5) is 0 Å². The summed E-state index contributed by atoms with van der Waals surface area (Å²) in [5.41, 5.74) is 0. The summed E-state index contributed by atoms with van der Waals surface area (Å²) >= 11 is 0. The summed E-state index contributed by atoms with van der Waals surface area (Å²) in [6.07, 6.45) is 16.8. The molecule has 0 aliphatic heterocycles. The number of hydrogen-bond acceptors (Lipinski definition) is 0. The average Bonchev–Trinajstić information content (AvgIpc) is 2.14. The Hall–Kier alpha value is -0.260. The number of hydrogen-bond donors (Lipinski definition) is 0. The molecule has 1 aliphatic rings. The molecule has 0 bridgehead atoms. The molecule has 69 valence electrons. The molecule has 0 aromatic heterocycles. The molecule has 0 saturated heterocycles. The zero-order chi connectivity index (χ0) is 8.65. The smallest absolute Gasteiger partial charge is 0.0162 e. The van der Waals surface area contributed by atoms with Crippen LogP contribution in [0.3, 0.4) is 0 Å². The minimum atomic E-state index is 0.801. The topological polar surface area (TPSA) is 0 Å². The third-order valence-corrected chi connectivity index (χ3v) is 2.66. The van der Waals surface area contributed by atoms with E-state index in [9.17, 15) is 0 Å². The molecule has 1 aliphatic carbocycles. The highest BCUT2D eigenvalue weighted by Gasteiger charge is 2.09. The van der Waals surface area contributed by atoms with E-state index in [0.717, 1.165) is 5.92 Å². The molecular weight excluding hydrogens is 144 g/mol. The van der Waals surface area contributed by atoms with E-state index in [4.69, 9.17) is 0 Å². The molecule has 0 atom stereocenters. The van der Waals surface area contributed by atoms with Crippen molar-refractivity contribution in [2.75, 3.05) is 0 Å². The summed E-state index contributed by atoms with van der Waals surface area (Å²) in [6.45, 7) is 2.24. The van der Waals surface area contributed by atoms with E-state index in [1.54, 1.807) is 0 Å². The van der Waals surface area contributed by atoms with E-state index < -0.39 is 0 Å². The van der Waals surface area contributed by atoms with Crippen LogP contribution in [0.15, 0.2) is 6.08 Å². The molecule has 1 radical (unpaired) electrons. The van der Waals surface area contributed by atoms with Gasteiger partial charge in [-0.05, 0) is 31.3 Å². The quantitative estimate of drug-likeness (QED) is 0.550. The minimum absolute atomic E-state index is 0.801. The molecule has 0 aromatic carbocycles. The Morgan fingerprint density at radius 2 is 2.00 bits per heavy atom. The fourth-order valence-electron chi connectivity index (χ4n) is 1.83. The largest absolute Gasteiger partial charge is 0.0808 e. The lowest BCUT2D eigenvalue weighted by Gasteiger charge is -2.17. The lowest BCUT2D eigenvalue weighted by Crippen LogP contribution is -2.02. The Kier molecular flexibility index (Phi) is 5.14. The minimum Gasteiger partial charge on any atom is -0.0808 e. The molecule has 0 nitrogen and oxygen atoms in total. The molecule has 12 heavy (non-hydrogen) atoms. The first-order chi connectivity index (χ1) is 5.93. The normalized spacial score (nSPS) is 20.4. The van der Waals surface area contributed by atoms with Crippen molar-refractivity contribution in [3.05, 3.63) is 12.2 Å². The van der Waals surface area contributed by atoms with Crippen molar-refractivity contribution in [1.82, 2.24) is 0 Å². The van der Waals surface area contributed by atoms with Gasteiger partial charge < -0.3 is 0 Å². The van der Waals surface area contributed by atoms with Crippen LogP contribution in [0.1, 0.15) is 58.3 Å². The highest BCUT2D eigenvalue weighted by Crippen LogP contribution is 2.24. The second-order valence-electron chi connectivity index (χ2n) is 3.85. The van der Waals surface area contributed by atoms with Gasteiger partial charge in [0, 0.05) is 0 Å². The van der Waals surface area contributed by atoms with Gasteiger partial charge in [0.05, 0.1) is 0 Å². The molecule has 0 spiro atoms. The monoisotopic (exact) mass is 165 g/mol. The first-order valence-corrected chi connectivity index (χ1v) is 5.51. The lowest BCUT2D eigenvalue weighted by atomic mass is 9.89. The Morgan fingerprint density at radius 1 is 1.25 bits per heavy atom. The second kappa shape index (κ2) is 6.28. The third kappa shape index (κ3) is 3.94. The fraction of sp³-hybridized carbons (Fsp3) is 0.833. The molecule has 0 heterocycles. The second-order valence-corrected chi connectivity index (χ2v) is 3.85. The number of unbranched alkanes of at least 4 members (excludes halogenated alkanes) is 2. The summed E-state index contributed by atoms with van der Waals surface area (Å²) < 4.78 is 0. The zero-order valence-corrected chi connectivity index (χ0v) is 8.31. The Morgan fingerprint density at radius 3 is 2.67 bits per heavy atom. The van der Waals surface area contributed by atoms with Gasteiger partial charge in [-0.15, -0.1) is 0 Å². The van der Waals surface area contributed by atoms with Crippen LogP contribution in [-0.4, -0.2) is 0 Å². The van der Waals surface area contributed by atoms with Gasteiger partial charge >= 0.3 is 0 Å². The van der Waals surface area contributed by atoms with Gasteiger partial charge in [-0.25, -0.2) is 0 Å². The van der Waals surface area contributed by atoms with Crippen molar-refractivity contribution in [3.8, 4) is 0 Å². The summed E-state index contributed by atoms with van der Waals surface area (Å²) in [7, 11) is 0. The Bertz CT molecular complexity index is 118. The van der Waals surface area contributed by atoms with Crippen LogP contribution < -0.4 is 0 Å². The molecule has 0 amide bonds. The zero-order valence-electron chi connectivity index (χ0n) is 8.31. The van der Waals surface area contributed by atoms with Gasteiger partial charge in [-0.3, -0.25) is 0 Å². The summed E-state index contributed by atoms with van der Waals surface area (Å²) in [5.74, 6) is 0.801. The Labute approximate surface area is 77.1 Å². The average molecular weight is 165 g/mol. The molecule has 1 saturated carbocycles. The lowest BCUT2D eigenvalue weighted by molar-refractivity contribution is 0.410. The van der Waals surface area contributed by atoms with Crippen molar-refractivity contribution in [2.45, 2.75) is 58.3 Å². The predicted molar refractivity (Wildman–Crippen MR) is 53.9 cm³/mol. The molecule has 0 N–H and O–H groups in total. The van der Waals surface area contributed by atoms with Crippen LogP contribution in [0.5, 0.6) is 0 Å². The van der Waals surface area contributed by atoms with Gasteiger partial charge in [0.1, 0.15) is 0 Å². The van der Waals surface area contributed by atoms with E-state index in [0.29, 0.717) is 0 Å². The highest BCUT2D eigenvalue weighted by molar-refractivity contribution is 4.82. The molecule has 1 fully saturated rings. The predicted octanol–water partition coefficient (Wildman–Crippen LogP) is 4.12. The van der Waals surface area contributed by atoms with Crippen LogP contribution >= 0.6 is 0 Å². The first kappa shape index (κ1) is 9.83. The molecule has 0 heteroatoms. The van der Waals surface area contributed by atoms with Crippen molar-refractivity contribution >= 4 is 0 Å². The van der Waals surface area contributed by atoms with Gasteiger partial charge in [-0.2, -0.15) is 0 Å². The van der Waals surface area contributed by atoms with Gasteiger partial charge in [0.2, 0.25) is 0 Å². The Balaban J connectivity index is 2.07. The summed E-state index contributed by atoms with van der Waals surface area (Å²) in [5, 5.41) is 0. The summed E-state index contributed by atoms with van der Waals surface area (Å²) in [4.78, 5) is 0. The highest BCUT2D eigenvalue weighted by atomic mass is 14.1. The SMILES string of the molecule is CCCC/C=[C]/C1CCCCC1. The molecular formula is C12H21. The van der Waals surface area contributed by atoms with Crippen molar-refractivity contribution in [3.63, 3.8) is 0 Å². The van der Waals surface area contributed by atoms with E-state index in [1.165, 1.54) is 51.4 Å². The van der Waals surface area contributed by atoms with Crippen LogP contribution in [0, 0.1) is 12.0 Å². The maximum atomic E-state index is 3.53. The van der Waals surface area contributed by atoms with E-state index in [1.807, 2.05) is 0 Å². The van der Waals surface area contributed by atoms with E-state index in [2.05, 4.69) is 19.1 Å². The van der Waals surface area contributed by atoms with Gasteiger partial charge in [0.15, 0.2) is 0 Å². The molecule has 0 unspecified atom stereocenters. The van der Waals surface area contributed by atoms with E-state index in [-0.39, 0.29) is 0 Å². The van der Waals surface area contributed by atoms with Crippen molar-refractivity contribution in [2.24, 2.45) is 5.92 Å². The fourth-order valence-corrected chi connectivity index (χ4v) is 1.83. The maximum Gasteiger partial charge on any atom is -0.0162 e. The standard InChI is InChI=1S/C12H21/c1-2-3-4-6-9-12-10-7-5-8-11-12/h6,12H,2-5,7-8,10-11H2,1H3. The maximum absolute atomic E-state index is 3.53. The van der Waals surface area contributed by atoms with Crippen LogP contribution in [-0.2, 0) is 0 Å². The van der Waals surface area contributed by atoms with Gasteiger partial charge in [0.25, 0.3) is 0 Å². The molecule has 1 rings (SSSR count). The summed E-state index contributed by atoms with van der Waals surface area (Å²) in [6, 6.07) is 0. The third-order valence-electron chi connectivity index (χ3n) is 2.66. The van der Waals surface area contributed by atoms with Gasteiger partial charge in [-0.1, -0.05) is 45.1 Å². The molecule has 0 aromatic rings. The number of rotatable bonds is 4. The number of allylic oxidation sites excluding steroid dienone is 2.